The highest BCUT2D eigenvalue weighted by Crippen LogP contribution is 2.31. The maximum Gasteiger partial charge on any atom is 0.286 e. The zero-order valence-corrected chi connectivity index (χ0v) is 10.6. The molecule has 6 heteroatoms. The van der Waals surface area contributed by atoms with Gasteiger partial charge in [-0.3, -0.25) is 4.79 Å². The molecule has 1 amide bonds. The summed E-state index contributed by atoms with van der Waals surface area (Å²) in [5.41, 5.74) is 6.52. The van der Waals surface area contributed by atoms with Crippen molar-refractivity contribution >= 4 is 5.91 Å². The molecule has 0 aliphatic carbocycles. The van der Waals surface area contributed by atoms with Gasteiger partial charge in [-0.1, -0.05) is 0 Å². The first-order valence-corrected chi connectivity index (χ1v) is 5.51. The number of rotatable bonds is 4. The Morgan fingerprint density at radius 1 is 1.16 bits per heavy atom. The van der Waals surface area contributed by atoms with E-state index in [4.69, 9.17) is 15.2 Å². The number of nitrogens with two attached hydrogens (primary N) is 1. The highest BCUT2D eigenvalue weighted by Gasteiger charge is 2.09. The maximum absolute atomic E-state index is 11.1. The number of ether oxygens (including phenoxy) is 2. The van der Waals surface area contributed by atoms with Gasteiger partial charge in [0.15, 0.2) is 11.5 Å². The smallest absolute Gasteiger partial charge is 0.286 e. The molecule has 0 spiro atoms. The molecule has 0 unspecified atom stereocenters. The predicted octanol–water partition coefficient (Wildman–Crippen LogP) is 1.26. The second-order valence-corrected chi connectivity index (χ2v) is 3.70. The molecule has 0 atom stereocenters. The second-order valence-electron chi connectivity index (χ2n) is 3.70. The maximum atomic E-state index is 11.1. The predicted molar refractivity (Wildman–Crippen MR) is 69.1 cm³/mol. The lowest BCUT2D eigenvalue weighted by Crippen LogP contribution is -2.15. The van der Waals surface area contributed by atoms with Gasteiger partial charge in [0.05, 0.1) is 19.9 Å². The summed E-state index contributed by atoms with van der Waals surface area (Å²) in [7, 11) is 3.11. The largest absolute Gasteiger partial charge is 0.493 e. The molecule has 1 aromatic carbocycles. The van der Waals surface area contributed by atoms with Crippen LogP contribution in [-0.2, 0) is 0 Å². The standard InChI is InChI=1S/C13H13N3O3/c1-18-10-4-3-8(7-11(10)19-2)9-5-6-15-13(16-9)12(14)17/h3-7H,1-2H3,(H2,14,17). The molecule has 0 saturated carbocycles. The number of carbonyl (C=O) groups is 1. The van der Waals surface area contributed by atoms with Gasteiger partial charge in [-0.2, -0.15) is 0 Å². The van der Waals surface area contributed by atoms with Crippen molar-refractivity contribution in [1.82, 2.24) is 9.97 Å². The summed E-state index contributed by atoms with van der Waals surface area (Å²) in [6.45, 7) is 0. The molecule has 1 aromatic heterocycles. The molecule has 6 nitrogen and oxygen atoms in total. The molecule has 0 fully saturated rings. The fourth-order valence-electron chi connectivity index (χ4n) is 1.63. The number of amides is 1. The summed E-state index contributed by atoms with van der Waals surface area (Å²) in [4.78, 5) is 19.0. The van der Waals surface area contributed by atoms with Gasteiger partial charge < -0.3 is 15.2 Å². The van der Waals surface area contributed by atoms with Gasteiger partial charge in [0.1, 0.15) is 0 Å². The molecule has 98 valence electrons. The summed E-state index contributed by atoms with van der Waals surface area (Å²) in [6.07, 6.45) is 1.49. The summed E-state index contributed by atoms with van der Waals surface area (Å²) in [5.74, 6) is 0.518. The summed E-state index contributed by atoms with van der Waals surface area (Å²) in [6, 6.07) is 7.04. The van der Waals surface area contributed by atoms with Crippen LogP contribution in [0.3, 0.4) is 0 Å². The van der Waals surface area contributed by atoms with Crippen LogP contribution >= 0.6 is 0 Å². The van der Waals surface area contributed by atoms with Gasteiger partial charge in [-0.15, -0.1) is 0 Å². The Hall–Kier alpha value is -2.63. The average molecular weight is 259 g/mol. The number of carbonyl (C=O) groups excluding carboxylic acids is 1. The monoisotopic (exact) mass is 259 g/mol. The summed E-state index contributed by atoms with van der Waals surface area (Å²) < 4.78 is 10.4. The number of benzene rings is 1. The van der Waals surface area contributed by atoms with E-state index in [1.807, 2.05) is 6.07 Å². The Labute approximate surface area is 110 Å². The number of hydrogen-bond donors (Lipinski definition) is 1. The van der Waals surface area contributed by atoms with Gasteiger partial charge >= 0.3 is 0 Å². The third-order valence-electron chi connectivity index (χ3n) is 2.56. The minimum atomic E-state index is -0.665. The van der Waals surface area contributed by atoms with Crippen LogP contribution in [0.25, 0.3) is 11.3 Å². The first kappa shape index (κ1) is 12.8. The lowest BCUT2D eigenvalue weighted by atomic mass is 10.1. The number of methoxy groups -OCH3 is 2. The molecule has 2 N–H and O–H groups in total. The summed E-state index contributed by atoms with van der Waals surface area (Å²) >= 11 is 0. The van der Waals surface area contributed by atoms with Crippen LogP contribution in [0.5, 0.6) is 11.5 Å². The van der Waals surface area contributed by atoms with Crippen LogP contribution in [-0.4, -0.2) is 30.1 Å². The molecular weight excluding hydrogens is 246 g/mol. The van der Waals surface area contributed by atoms with E-state index in [2.05, 4.69) is 9.97 Å². The normalized spacial score (nSPS) is 10.0. The van der Waals surface area contributed by atoms with Crippen molar-refractivity contribution in [1.29, 1.82) is 0 Å². The van der Waals surface area contributed by atoms with Gasteiger partial charge in [0.25, 0.3) is 5.91 Å². The van der Waals surface area contributed by atoms with Crippen molar-refractivity contribution in [2.45, 2.75) is 0 Å². The molecule has 19 heavy (non-hydrogen) atoms. The Morgan fingerprint density at radius 2 is 1.89 bits per heavy atom. The molecule has 0 saturated heterocycles. The fourth-order valence-corrected chi connectivity index (χ4v) is 1.63. The van der Waals surface area contributed by atoms with E-state index in [0.29, 0.717) is 17.2 Å². The van der Waals surface area contributed by atoms with Crippen LogP contribution in [0.1, 0.15) is 10.6 Å². The minimum Gasteiger partial charge on any atom is -0.493 e. The van der Waals surface area contributed by atoms with E-state index in [9.17, 15) is 4.79 Å². The van der Waals surface area contributed by atoms with Gasteiger partial charge in [-0.25, -0.2) is 9.97 Å². The SMILES string of the molecule is COc1ccc(-c2ccnc(C(N)=O)n2)cc1OC. The quantitative estimate of drug-likeness (QED) is 0.893. The van der Waals surface area contributed by atoms with E-state index in [1.165, 1.54) is 6.20 Å². The lowest BCUT2D eigenvalue weighted by Gasteiger charge is -2.09. The minimum absolute atomic E-state index is 0.0210. The third kappa shape index (κ3) is 2.62. The molecular formula is C13H13N3O3. The molecule has 0 bridgehead atoms. The highest BCUT2D eigenvalue weighted by molar-refractivity contribution is 5.89. The number of hydrogen-bond acceptors (Lipinski definition) is 5. The van der Waals surface area contributed by atoms with Crippen molar-refractivity contribution in [2.75, 3.05) is 14.2 Å². The topological polar surface area (TPSA) is 87.3 Å². The Bertz CT molecular complexity index is 614. The first-order valence-electron chi connectivity index (χ1n) is 5.51. The van der Waals surface area contributed by atoms with Crippen LogP contribution in [0.2, 0.25) is 0 Å². The van der Waals surface area contributed by atoms with E-state index in [-0.39, 0.29) is 5.82 Å². The Kier molecular flexibility index (Phi) is 3.61. The highest BCUT2D eigenvalue weighted by atomic mass is 16.5. The zero-order chi connectivity index (χ0) is 13.8. The number of aromatic nitrogens is 2. The van der Waals surface area contributed by atoms with Crippen molar-refractivity contribution < 1.29 is 14.3 Å². The first-order chi connectivity index (χ1) is 9.15. The van der Waals surface area contributed by atoms with E-state index < -0.39 is 5.91 Å². The zero-order valence-electron chi connectivity index (χ0n) is 10.6. The van der Waals surface area contributed by atoms with Crippen molar-refractivity contribution in [3.8, 4) is 22.8 Å². The molecule has 1 heterocycles. The van der Waals surface area contributed by atoms with Crippen molar-refractivity contribution in [3.05, 3.63) is 36.3 Å². The second kappa shape index (κ2) is 5.34. The van der Waals surface area contributed by atoms with Crippen molar-refractivity contribution in [3.63, 3.8) is 0 Å². The van der Waals surface area contributed by atoms with Crippen LogP contribution in [0.4, 0.5) is 0 Å². The Balaban J connectivity index is 2.47. The lowest BCUT2D eigenvalue weighted by molar-refractivity contribution is 0.0990. The molecule has 0 aliphatic rings. The van der Waals surface area contributed by atoms with E-state index >= 15 is 0 Å². The van der Waals surface area contributed by atoms with Gasteiger partial charge in [0, 0.05) is 11.8 Å². The van der Waals surface area contributed by atoms with Crippen LogP contribution in [0.15, 0.2) is 30.5 Å². The number of nitrogens with zero attached hydrogens (tertiary/aromatic N) is 2. The van der Waals surface area contributed by atoms with Crippen LogP contribution < -0.4 is 15.2 Å². The Morgan fingerprint density at radius 3 is 2.53 bits per heavy atom. The van der Waals surface area contributed by atoms with Crippen molar-refractivity contribution in [2.24, 2.45) is 5.73 Å². The van der Waals surface area contributed by atoms with Crippen LogP contribution in [0, 0.1) is 0 Å². The fraction of sp³-hybridized carbons (Fsp3) is 0.154. The van der Waals surface area contributed by atoms with E-state index in [0.717, 1.165) is 5.56 Å². The molecule has 2 aromatic rings. The average Bonchev–Trinajstić information content (AvgIpc) is 2.46. The number of primary amides is 1. The van der Waals surface area contributed by atoms with Gasteiger partial charge in [-0.05, 0) is 24.3 Å². The summed E-state index contributed by atoms with van der Waals surface area (Å²) in [5, 5.41) is 0. The molecule has 0 aliphatic heterocycles. The molecule has 0 radical (unpaired) electrons. The third-order valence-corrected chi connectivity index (χ3v) is 2.56. The molecule has 2 rings (SSSR count). The van der Waals surface area contributed by atoms with Gasteiger partial charge in [0.2, 0.25) is 5.82 Å². The van der Waals surface area contributed by atoms with E-state index in [1.54, 1.807) is 32.4 Å².